The number of nitrogens with zero attached hydrogens (tertiary/aromatic N) is 4. The Morgan fingerprint density at radius 3 is 0.927 bits per heavy atom. The van der Waals surface area contributed by atoms with Crippen LogP contribution in [0.5, 0.6) is 11.5 Å². The number of rotatable bonds is 9. The Hall–Kier alpha value is -12.6. The molecule has 0 spiro atoms. The van der Waals surface area contributed by atoms with Gasteiger partial charge in [-0.15, -0.1) is 0 Å². The Morgan fingerprint density at radius 2 is 0.593 bits per heavy atom. The molecule has 6 heteroatoms. The Kier molecular flexibility index (Phi) is 17.0. The van der Waals surface area contributed by atoms with Crippen molar-refractivity contribution in [2.45, 2.75) is 176 Å². The van der Waals surface area contributed by atoms with Gasteiger partial charge in [-0.25, -0.2) is 0 Å². The van der Waals surface area contributed by atoms with Crippen molar-refractivity contribution in [1.82, 2.24) is 9.13 Å². The van der Waals surface area contributed by atoms with Crippen LogP contribution in [0.15, 0.2) is 309 Å². The molecule has 20 rings (SSSR count). The number of hydrogen-bond acceptors (Lipinski definition) is 3. The smallest absolute Gasteiger partial charge is 0.252 e. The van der Waals surface area contributed by atoms with E-state index in [9.17, 15) is 5.48 Å². The standard InChI is InChI=1S/C117H111BN4O/c1-111(2,3)78-46-55-98-90(62-78)91-63-79(112(4,5)6)47-56-99(91)119(98)84-50-53-96-102(70-84)121(109-86(72-35-25-21-26-36-72)66-82(115(13,14)15)67-87(109)73-37-27-22-28-38-73)104-59-77(76-45-52-95-107(61-76)123-106-44-34-33-43-94(106)117(95,19)20)60-105-108(104)118(96)97-54-51-85(120-100-57-48-80(113(7,8)9)64-92(100)93-65-81(114(10,11)12)49-58-101(93)120)71-103(97)122(105)110-88(74-39-29-23-30-40-74)68-83(116(16,17)18)69-89(110)75-41-31-24-32-42-75/h21-71H,1-20H3/i66D,67D,68D,69D. The molecular formula is C117H111BN4O. The molecule has 0 amide bonds. The summed E-state index contributed by atoms with van der Waals surface area (Å²) in [6.07, 6.45) is 0. The van der Waals surface area contributed by atoms with Gasteiger partial charge in [-0.3, -0.25) is 0 Å². The van der Waals surface area contributed by atoms with E-state index >= 15 is 0 Å². The van der Waals surface area contributed by atoms with E-state index in [1.807, 2.05) is 0 Å². The molecule has 0 aliphatic carbocycles. The molecule has 0 bridgehead atoms. The Bertz CT molecular complexity index is 6760. The summed E-state index contributed by atoms with van der Waals surface area (Å²) in [6.45, 7) is 44.6. The molecule has 0 radical (unpaired) electrons. The highest BCUT2D eigenvalue weighted by Gasteiger charge is 2.47. The van der Waals surface area contributed by atoms with Gasteiger partial charge in [0.2, 0.25) is 0 Å². The predicted molar refractivity (Wildman–Crippen MR) is 527 cm³/mol. The molecule has 5 heterocycles. The maximum absolute atomic E-state index is 11.3. The third-order valence-corrected chi connectivity index (χ3v) is 26.5. The van der Waals surface area contributed by atoms with Gasteiger partial charge in [-0.2, -0.15) is 0 Å². The first kappa shape index (κ1) is 74.2. The van der Waals surface area contributed by atoms with Crippen molar-refractivity contribution < 1.29 is 10.2 Å². The molecule has 0 N–H and O–H groups in total. The number of anilines is 6. The third-order valence-electron chi connectivity index (χ3n) is 26.5. The van der Waals surface area contributed by atoms with Crippen molar-refractivity contribution >= 4 is 101 Å². The summed E-state index contributed by atoms with van der Waals surface area (Å²) in [6, 6.07) is 106. The average molecular weight is 1600 g/mol. The molecule has 608 valence electrons. The second-order valence-corrected chi connectivity index (χ2v) is 41.5. The fourth-order valence-corrected chi connectivity index (χ4v) is 19.5. The summed E-state index contributed by atoms with van der Waals surface area (Å²) in [7, 11) is 0. The van der Waals surface area contributed by atoms with E-state index in [0.29, 0.717) is 44.8 Å². The van der Waals surface area contributed by atoms with Crippen LogP contribution in [0.1, 0.15) is 188 Å². The first-order valence-electron chi connectivity index (χ1n) is 46.0. The molecule has 15 aromatic carbocycles. The highest BCUT2D eigenvalue weighted by molar-refractivity contribution is 7.00. The quantitative estimate of drug-likeness (QED) is 0.135. The highest BCUT2D eigenvalue weighted by atomic mass is 16.5. The van der Waals surface area contributed by atoms with E-state index in [2.05, 4.69) is 443 Å². The van der Waals surface area contributed by atoms with Crippen molar-refractivity contribution in [2.24, 2.45) is 0 Å². The van der Waals surface area contributed by atoms with Gasteiger partial charge in [0.15, 0.2) is 0 Å². The lowest BCUT2D eigenvalue weighted by Gasteiger charge is -2.46. The van der Waals surface area contributed by atoms with Gasteiger partial charge in [0.1, 0.15) is 11.5 Å². The minimum Gasteiger partial charge on any atom is -0.457 e. The summed E-state index contributed by atoms with van der Waals surface area (Å²) in [5.41, 5.74) is 28.1. The number of ether oxygens (including phenoxy) is 1. The maximum Gasteiger partial charge on any atom is 0.252 e. The minimum absolute atomic E-state index is 0.143. The van der Waals surface area contributed by atoms with E-state index in [-0.39, 0.29) is 45.8 Å². The third kappa shape index (κ3) is 13.2. The lowest BCUT2D eigenvalue weighted by atomic mass is 9.33. The number of fused-ring (bicyclic) bond motifs is 12. The van der Waals surface area contributed by atoms with Gasteiger partial charge in [0.05, 0.1) is 38.9 Å². The van der Waals surface area contributed by atoms with Crippen molar-refractivity contribution in [3.8, 4) is 78.5 Å². The molecule has 123 heavy (non-hydrogen) atoms. The molecule has 0 atom stereocenters. The molecule has 0 saturated carbocycles. The van der Waals surface area contributed by atoms with Crippen LogP contribution >= 0.6 is 0 Å². The van der Waals surface area contributed by atoms with Crippen molar-refractivity contribution in [1.29, 1.82) is 0 Å². The normalized spacial score (nSPS) is 14.4. The SMILES string of the molecule is [2H]c1c(-c2ccccc2)c(N2c3cc(-n4c5ccc(C(C)(C)C)cc5c5cc(C(C)(C)C)ccc54)ccc3B3c4ccc(-n5c6ccc(C(C)(C)C)cc6c6cc(C(C)(C)C)ccc65)cc4N(c4c(-c5ccccc5)c([2H])c(C(C)(C)C)c([2H])c4-c4ccccc4)c4cc(-c5ccc6c(c5)Oc5ccccc5C6(C)C)cc2c43)c(-c2ccccc2)c([2H])c1C(C)(C)C. The average Bonchev–Trinajstić information content (AvgIpc) is 0.793. The fraction of sp³-hybridized carbons (Fsp3) is 0.231. The monoisotopic (exact) mass is 1600 g/mol. The van der Waals surface area contributed by atoms with Crippen molar-refractivity contribution in [3.63, 3.8) is 0 Å². The number of para-hydroxylation sites is 1. The zero-order chi connectivity index (χ0) is 89.2. The van der Waals surface area contributed by atoms with Crippen LogP contribution in [0, 0.1) is 0 Å². The van der Waals surface area contributed by atoms with Crippen LogP contribution in [0.4, 0.5) is 34.1 Å². The van der Waals surface area contributed by atoms with Crippen LogP contribution < -0.4 is 30.9 Å². The first-order valence-corrected chi connectivity index (χ1v) is 44.0. The van der Waals surface area contributed by atoms with E-state index in [0.717, 1.165) is 129 Å². The predicted octanol–water partition coefficient (Wildman–Crippen LogP) is 30.5. The minimum atomic E-state index is -0.674. The highest BCUT2D eigenvalue weighted by Crippen LogP contribution is 2.58. The maximum atomic E-state index is 11.3. The van der Waals surface area contributed by atoms with Gasteiger partial charge < -0.3 is 23.7 Å². The van der Waals surface area contributed by atoms with Crippen LogP contribution in [-0.4, -0.2) is 15.8 Å². The molecule has 17 aromatic rings. The van der Waals surface area contributed by atoms with Crippen LogP contribution in [0.3, 0.4) is 0 Å². The molecule has 2 aromatic heterocycles. The van der Waals surface area contributed by atoms with E-state index in [1.54, 1.807) is 0 Å². The van der Waals surface area contributed by atoms with E-state index < -0.39 is 23.0 Å². The summed E-state index contributed by atoms with van der Waals surface area (Å²) in [5.74, 6) is 1.57. The van der Waals surface area contributed by atoms with Gasteiger partial charge in [0, 0.05) is 94.5 Å². The molecule has 0 fully saturated rings. The molecule has 0 saturated heterocycles. The van der Waals surface area contributed by atoms with Crippen molar-refractivity contribution in [2.75, 3.05) is 9.80 Å². The second-order valence-electron chi connectivity index (χ2n) is 41.5. The Labute approximate surface area is 734 Å². The fourth-order valence-electron chi connectivity index (χ4n) is 19.5. The molecule has 5 nitrogen and oxygen atoms in total. The zero-order valence-electron chi connectivity index (χ0n) is 78.9. The first-order chi connectivity index (χ1) is 60.2. The second kappa shape index (κ2) is 28.2. The van der Waals surface area contributed by atoms with Gasteiger partial charge in [-0.05, 0) is 237 Å². The number of aromatic nitrogens is 2. The summed E-state index contributed by atoms with van der Waals surface area (Å²) in [5, 5.41) is 4.70. The van der Waals surface area contributed by atoms with Crippen LogP contribution in [0.25, 0.3) is 111 Å². The summed E-state index contributed by atoms with van der Waals surface area (Å²) < 4.78 is 57.4. The van der Waals surface area contributed by atoms with Gasteiger partial charge in [0.25, 0.3) is 6.71 Å². The number of benzene rings is 15. The molecule has 3 aliphatic rings. The summed E-state index contributed by atoms with van der Waals surface area (Å²) in [4.78, 5) is 4.97. The summed E-state index contributed by atoms with van der Waals surface area (Å²) >= 11 is 0. The molecule has 0 unspecified atom stereocenters. The number of hydrogen-bond donors (Lipinski definition) is 0. The lowest BCUT2D eigenvalue weighted by molar-refractivity contribution is 0.418. The van der Waals surface area contributed by atoms with E-state index in [4.69, 9.17) is 4.74 Å². The van der Waals surface area contributed by atoms with Gasteiger partial charge in [-0.1, -0.05) is 327 Å². The lowest BCUT2D eigenvalue weighted by Crippen LogP contribution is -2.61. The van der Waals surface area contributed by atoms with Crippen LogP contribution in [0.2, 0.25) is 0 Å². The Balaban J connectivity index is 1.01. The molecular weight excluding hydrogens is 1490 g/mol. The zero-order valence-corrected chi connectivity index (χ0v) is 74.9. The van der Waals surface area contributed by atoms with Crippen LogP contribution in [-0.2, 0) is 37.9 Å². The largest absolute Gasteiger partial charge is 0.457 e. The van der Waals surface area contributed by atoms with E-state index in [1.165, 1.54) is 43.8 Å². The Morgan fingerprint density at radius 1 is 0.276 bits per heavy atom. The topological polar surface area (TPSA) is 25.6 Å². The molecule has 3 aliphatic heterocycles. The van der Waals surface area contributed by atoms with Crippen molar-refractivity contribution in [3.05, 3.63) is 354 Å². The van der Waals surface area contributed by atoms with Gasteiger partial charge >= 0.3 is 0 Å².